The molecule has 3 heterocycles. The van der Waals surface area contributed by atoms with Gasteiger partial charge in [-0.15, -0.1) is 0 Å². The van der Waals surface area contributed by atoms with Crippen LogP contribution < -0.4 is 16.0 Å². The molecule has 0 bridgehead atoms. The third-order valence-electron chi connectivity index (χ3n) is 7.15. The number of anilines is 1. The molecule has 4 amide bonds. The molecule has 180 valence electrons. The largest absolute Gasteiger partial charge is 0.375 e. The number of piperidine rings is 2. The van der Waals surface area contributed by atoms with Gasteiger partial charge in [-0.05, 0) is 70.2 Å². The number of imide groups is 2. The Morgan fingerprint density at radius 3 is 2.38 bits per heavy atom. The second-order valence-electron chi connectivity index (χ2n) is 9.41. The monoisotopic (exact) mass is 466 g/mol. The van der Waals surface area contributed by atoms with Gasteiger partial charge in [0.15, 0.2) is 0 Å². The van der Waals surface area contributed by atoms with Crippen LogP contribution in [0.2, 0.25) is 0 Å². The number of allylic oxidation sites excluding steroid dienone is 1. The van der Waals surface area contributed by atoms with Crippen LogP contribution in [0.1, 0.15) is 72.1 Å². The van der Waals surface area contributed by atoms with E-state index in [-0.39, 0.29) is 29.9 Å². The zero-order valence-corrected chi connectivity index (χ0v) is 19.1. The average molecular weight is 467 g/mol. The lowest BCUT2D eigenvalue weighted by Gasteiger charge is -2.31. The molecule has 0 spiro atoms. The molecule has 2 saturated heterocycles. The van der Waals surface area contributed by atoms with Crippen molar-refractivity contribution in [1.29, 1.82) is 0 Å². The van der Waals surface area contributed by atoms with Crippen LogP contribution in [-0.4, -0.2) is 59.9 Å². The van der Waals surface area contributed by atoms with Crippen molar-refractivity contribution in [1.82, 2.24) is 15.5 Å². The summed E-state index contributed by atoms with van der Waals surface area (Å²) in [7, 11) is 0. The van der Waals surface area contributed by atoms with Crippen LogP contribution in [0.15, 0.2) is 30.0 Å². The lowest BCUT2D eigenvalue weighted by Crippen LogP contribution is -2.54. The Hall–Kier alpha value is -3.04. The molecule has 3 fully saturated rings. The fourth-order valence-corrected chi connectivity index (χ4v) is 5.26. The summed E-state index contributed by atoms with van der Waals surface area (Å²) in [6.45, 7) is 2.05. The van der Waals surface area contributed by atoms with Crippen molar-refractivity contribution in [2.45, 2.75) is 69.6 Å². The molecule has 5 rings (SSSR count). The number of carbonyl (C=O) groups is 4. The molecule has 4 aliphatic rings. The lowest BCUT2D eigenvalue weighted by molar-refractivity contribution is -0.136. The minimum absolute atomic E-state index is 0.101. The van der Waals surface area contributed by atoms with Crippen LogP contribution in [0.25, 0.3) is 0 Å². The van der Waals surface area contributed by atoms with E-state index in [1.54, 1.807) is 18.2 Å². The number of carbonyl (C=O) groups excluding carboxylic acids is 4. The van der Waals surface area contributed by atoms with Gasteiger partial charge < -0.3 is 15.4 Å². The van der Waals surface area contributed by atoms with Gasteiger partial charge in [0.2, 0.25) is 11.8 Å². The van der Waals surface area contributed by atoms with Gasteiger partial charge in [0.25, 0.3) is 11.8 Å². The first-order chi connectivity index (χ1) is 16.5. The molecule has 3 aliphatic heterocycles. The molecular weight excluding hydrogens is 436 g/mol. The summed E-state index contributed by atoms with van der Waals surface area (Å²) < 4.78 is 6.29. The van der Waals surface area contributed by atoms with Gasteiger partial charge in [-0.2, -0.15) is 0 Å². The van der Waals surface area contributed by atoms with Crippen molar-refractivity contribution in [3.63, 3.8) is 0 Å². The molecule has 9 heteroatoms. The normalized spacial score (nSPS) is 25.9. The Morgan fingerprint density at radius 2 is 1.65 bits per heavy atom. The maximum absolute atomic E-state index is 13.2. The number of fused-ring (bicyclic) bond motifs is 1. The fraction of sp³-hybridized carbons (Fsp3) is 0.520. The van der Waals surface area contributed by atoms with E-state index in [1.165, 1.54) is 5.57 Å². The van der Waals surface area contributed by atoms with Gasteiger partial charge in [-0.3, -0.25) is 29.4 Å². The SMILES string of the molecule is O=C1CCC(N2C(=O)c3cccc(NC=C4CCC(OC5CCNCC5)CC4)c3C2=O)C(=O)N1. The first-order valence-corrected chi connectivity index (χ1v) is 12.2. The van der Waals surface area contributed by atoms with E-state index < -0.39 is 23.8 Å². The highest BCUT2D eigenvalue weighted by molar-refractivity contribution is 6.25. The van der Waals surface area contributed by atoms with Gasteiger partial charge in [-0.1, -0.05) is 11.6 Å². The van der Waals surface area contributed by atoms with E-state index in [0.29, 0.717) is 17.9 Å². The third kappa shape index (κ3) is 4.50. The maximum atomic E-state index is 13.2. The molecule has 1 atom stereocenters. The Bertz CT molecular complexity index is 1040. The molecular formula is C25H30N4O5. The predicted molar refractivity (Wildman–Crippen MR) is 124 cm³/mol. The average Bonchev–Trinajstić information content (AvgIpc) is 3.10. The van der Waals surface area contributed by atoms with Crippen LogP contribution in [0, 0.1) is 0 Å². The van der Waals surface area contributed by atoms with Gasteiger partial charge in [-0.25, -0.2) is 0 Å². The zero-order chi connectivity index (χ0) is 23.7. The van der Waals surface area contributed by atoms with Crippen LogP contribution in [-0.2, 0) is 14.3 Å². The van der Waals surface area contributed by atoms with E-state index in [1.807, 2.05) is 6.20 Å². The second-order valence-corrected chi connectivity index (χ2v) is 9.41. The van der Waals surface area contributed by atoms with Gasteiger partial charge >= 0.3 is 0 Å². The van der Waals surface area contributed by atoms with Crippen LogP contribution in [0.5, 0.6) is 0 Å². The van der Waals surface area contributed by atoms with Crippen LogP contribution in [0.4, 0.5) is 5.69 Å². The van der Waals surface area contributed by atoms with Crippen molar-refractivity contribution in [2.24, 2.45) is 0 Å². The van der Waals surface area contributed by atoms with Crippen molar-refractivity contribution in [2.75, 3.05) is 18.4 Å². The number of hydrogen-bond acceptors (Lipinski definition) is 7. The number of rotatable bonds is 5. The van der Waals surface area contributed by atoms with E-state index in [4.69, 9.17) is 4.74 Å². The van der Waals surface area contributed by atoms with Crippen molar-refractivity contribution in [3.05, 3.63) is 41.1 Å². The van der Waals surface area contributed by atoms with Gasteiger partial charge in [0, 0.05) is 12.6 Å². The molecule has 34 heavy (non-hydrogen) atoms. The summed E-state index contributed by atoms with van der Waals surface area (Å²) >= 11 is 0. The Labute approximate surface area is 198 Å². The van der Waals surface area contributed by atoms with E-state index in [2.05, 4.69) is 16.0 Å². The Balaban J connectivity index is 1.24. The highest BCUT2D eigenvalue weighted by Crippen LogP contribution is 2.33. The molecule has 1 aromatic rings. The van der Waals surface area contributed by atoms with E-state index in [9.17, 15) is 19.2 Å². The summed E-state index contributed by atoms with van der Waals surface area (Å²) in [6, 6.07) is 4.12. The van der Waals surface area contributed by atoms with Crippen molar-refractivity contribution < 1.29 is 23.9 Å². The number of benzene rings is 1. The molecule has 1 saturated carbocycles. The smallest absolute Gasteiger partial charge is 0.264 e. The van der Waals surface area contributed by atoms with E-state index in [0.717, 1.165) is 56.5 Å². The first-order valence-electron chi connectivity index (χ1n) is 12.2. The molecule has 1 unspecified atom stereocenters. The Kier molecular flexibility index (Phi) is 6.47. The van der Waals surface area contributed by atoms with Crippen LogP contribution >= 0.6 is 0 Å². The predicted octanol–water partition coefficient (Wildman–Crippen LogP) is 2.09. The minimum Gasteiger partial charge on any atom is -0.375 e. The van der Waals surface area contributed by atoms with Crippen molar-refractivity contribution >= 4 is 29.3 Å². The standard InChI is InChI=1S/C25H30N4O5/c30-21-9-8-20(23(31)28-21)29-24(32)18-2-1-3-19(22(18)25(29)33)27-14-15-4-6-16(7-5-15)34-17-10-12-26-13-11-17/h1-3,14,16-17,20,26-27H,4-13H2,(H,28,30,31). The Morgan fingerprint density at radius 1 is 0.912 bits per heavy atom. The topological polar surface area (TPSA) is 117 Å². The van der Waals surface area contributed by atoms with Crippen LogP contribution in [0.3, 0.4) is 0 Å². The molecule has 3 N–H and O–H groups in total. The van der Waals surface area contributed by atoms with Gasteiger partial charge in [0.05, 0.1) is 29.0 Å². The number of hydrogen-bond donors (Lipinski definition) is 3. The summed E-state index contributed by atoms with van der Waals surface area (Å²) in [5.74, 6) is -2.00. The van der Waals surface area contributed by atoms with E-state index >= 15 is 0 Å². The molecule has 9 nitrogen and oxygen atoms in total. The number of amides is 4. The van der Waals surface area contributed by atoms with Crippen molar-refractivity contribution in [3.8, 4) is 0 Å². The third-order valence-corrected chi connectivity index (χ3v) is 7.15. The highest BCUT2D eigenvalue weighted by Gasteiger charge is 2.45. The maximum Gasteiger partial charge on any atom is 0.264 e. The quantitative estimate of drug-likeness (QED) is 0.569. The molecule has 0 radical (unpaired) electrons. The fourth-order valence-electron chi connectivity index (χ4n) is 5.26. The number of ether oxygens (including phenoxy) is 1. The second kappa shape index (κ2) is 9.68. The number of nitrogens with one attached hydrogen (secondary N) is 3. The highest BCUT2D eigenvalue weighted by atomic mass is 16.5. The summed E-state index contributed by atoms with van der Waals surface area (Å²) in [5.41, 5.74) is 2.35. The number of nitrogens with zero attached hydrogens (tertiary/aromatic N) is 1. The minimum atomic E-state index is -0.966. The summed E-state index contributed by atoms with van der Waals surface area (Å²) in [6.07, 6.45) is 8.77. The molecule has 1 aliphatic carbocycles. The summed E-state index contributed by atoms with van der Waals surface area (Å²) in [5, 5.41) is 8.82. The molecule has 1 aromatic carbocycles. The first kappa shape index (κ1) is 22.7. The van der Waals surface area contributed by atoms with Gasteiger partial charge in [0.1, 0.15) is 6.04 Å². The zero-order valence-electron chi connectivity index (χ0n) is 19.1. The lowest BCUT2D eigenvalue weighted by atomic mass is 9.92. The molecule has 0 aromatic heterocycles. The summed E-state index contributed by atoms with van der Waals surface area (Å²) in [4.78, 5) is 50.9.